The van der Waals surface area contributed by atoms with Crippen molar-refractivity contribution in [2.45, 2.75) is 57.8 Å². The van der Waals surface area contributed by atoms with Gasteiger partial charge in [-0.2, -0.15) is 0 Å². The van der Waals surface area contributed by atoms with Crippen LogP contribution in [0.5, 0.6) is 11.5 Å². The summed E-state index contributed by atoms with van der Waals surface area (Å²) >= 11 is 7.91. The van der Waals surface area contributed by atoms with E-state index in [2.05, 4.69) is 0 Å². The molecule has 7 heteroatoms. The molecule has 32 heavy (non-hydrogen) atoms. The molecule has 0 aliphatic carbocycles. The van der Waals surface area contributed by atoms with Crippen molar-refractivity contribution in [2.75, 3.05) is 12.4 Å². The Hall–Kier alpha value is -2.18. The fourth-order valence-corrected chi connectivity index (χ4v) is 4.42. The highest BCUT2D eigenvalue weighted by molar-refractivity contribution is 7.99. The van der Waals surface area contributed by atoms with Crippen LogP contribution in [-0.2, 0) is 11.2 Å². The molecular weight excluding hydrogens is 448 g/mol. The van der Waals surface area contributed by atoms with Gasteiger partial charge in [-0.05, 0) is 49.6 Å². The van der Waals surface area contributed by atoms with E-state index >= 15 is 0 Å². The van der Waals surface area contributed by atoms with Gasteiger partial charge >= 0.3 is 5.97 Å². The van der Waals surface area contributed by atoms with E-state index in [1.165, 1.54) is 0 Å². The Morgan fingerprint density at radius 2 is 1.88 bits per heavy atom. The zero-order valence-corrected chi connectivity index (χ0v) is 20.6. The van der Waals surface area contributed by atoms with Gasteiger partial charge in [-0.15, -0.1) is 11.8 Å². The number of carbonyl (C=O) groups is 2. The molecule has 0 heterocycles. The molecule has 2 aromatic rings. The summed E-state index contributed by atoms with van der Waals surface area (Å²) in [5.74, 6) is -0.341. The minimum Gasteiger partial charge on any atom is -0.507 e. The van der Waals surface area contributed by atoms with E-state index in [0.717, 1.165) is 23.5 Å². The first-order valence-corrected chi connectivity index (χ1v) is 12.2. The summed E-state index contributed by atoms with van der Waals surface area (Å²) in [6, 6.07) is 8.76. The van der Waals surface area contributed by atoms with Crippen molar-refractivity contribution in [1.29, 1.82) is 0 Å². The van der Waals surface area contributed by atoms with E-state index < -0.39 is 11.9 Å². The Balaban J connectivity index is 1.96. The molecule has 1 unspecified atom stereocenters. The summed E-state index contributed by atoms with van der Waals surface area (Å²) in [5.41, 5.74) is 1.71. The highest BCUT2D eigenvalue weighted by Crippen LogP contribution is 2.34. The Morgan fingerprint density at radius 3 is 2.47 bits per heavy atom. The first kappa shape index (κ1) is 26.1. The van der Waals surface area contributed by atoms with E-state index in [-0.39, 0.29) is 17.5 Å². The van der Waals surface area contributed by atoms with Crippen LogP contribution in [0.1, 0.15) is 67.9 Å². The van der Waals surface area contributed by atoms with Crippen molar-refractivity contribution in [3.63, 3.8) is 0 Å². The number of hydrogen-bond acceptors (Lipinski definition) is 5. The average molecular weight is 479 g/mol. The second-order valence-electron chi connectivity index (χ2n) is 8.01. The normalized spacial score (nSPS) is 12.1. The molecule has 0 fully saturated rings. The Morgan fingerprint density at radius 1 is 1.16 bits per heavy atom. The van der Waals surface area contributed by atoms with Crippen LogP contribution in [-0.4, -0.2) is 34.3 Å². The molecule has 0 saturated heterocycles. The predicted octanol–water partition coefficient (Wildman–Crippen LogP) is 6.59. The number of ether oxygens (including phenoxy) is 1. The van der Waals surface area contributed by atoms with Crippen LogP contribution in [0.25, 0.3) is 0 Å². The lowest BCUT2D eigenvalue weighted by atomic mass is 9.96. The van der Waals surface area contributed by atoms with Crippen LogP contribution < -0.4 is 4.74 Å². The van der Waals surface area contributed by atoms with E-state index in [1.54, 1.807) is 43.0 Å². The number of carbonyl (C=O) groups excluding carboxylic acids is 1. The number of phenolic OH excluding ortho intramolecular Hbond substituents is 1. The zero-order valence-electron chi connectivity index (χ0n) is 19.0. The van der Waals surface area contributed by atoms with Gasteiger partial charge in [-0.1, -0.05) is 44.9 Å². The van der Waals surface area contributed by atoms with Gasteiger partial charge in [0.25, 0.3) is 0 Å². The molecular formula is C25H31ClO5S. The van der Waals surface area contributed by atoms with Crippen LogP contribution in [0.15, 0.2) is 35.2 Å². The lowest BCUT2D eigenvalue weighted by molar-refractivity contribution is -0.138. The maximum Gasteiger partial charge on any atom is 0.310 e. The molecule has 0 aliphatic rings. The molecule has 5 nitrogen and oxygen atoms in total. The molecule has 0 bridgehead atoms. The maximum absolute atomic E-state index is 12.3. The molecule has 2 N–H and O–H groups in total. The van der Waals surface area contributed by atoms with Crippen LogP contribution in [0.4, 0.5) is 0 Å². The predicted molar refractivity (Wildman–Crippen MR) is 130 cm³/mol. The second kappa shape index (κ2) is 12.2. The fraction of sp³-hybridized carbons (Fsp3) is 0.440. The summed E-state index contributed by atoms with van der Waals surface area (Å²) < 4.78 is 5.93. The van der Waals surface area contributed by atoms with Crippen molar-refractivity contribution in [3.8, 4) is 11.5 Å². The SMILES string of the molecule is CCCc1c(OCCCSc2ccc(C(C)C(=O)O)cc2Cl)ccc(C(=O)C(C)C)c1O. The quantitative estimate of drug-likeness (QED) is 0.203. The Bertz CT molecular complexity index is 958. The van der Waals surface area contributed by atoms with Crippen molar-refractivity contribution in [3.05, 3.63) is 52.0 Å². The first-order chi connectivity index (χ1) is 15.2. The number of carboxylic acid groups (broad SMARTS) is 1. The van der Waals surface area contributed by atoms with E-state index in [1.807, 2.05) is 26.8 Å². The molecule has 0 saturated carbocycles. The minimum atomic E-state index is -0.881. The summed E-state index contributed by atoms with van der Waals surface area (Å²) in [4.78, 5) is 24.4. The standard InChI is InChI=1S/C25H31ClO5S/c1-5-7-18-21(10-9-19(24(18)28)23(27)15(2)3)31-12-6-13-32-22-11-8-17(14-20(22)26)16(4)25(29)30/h8-11,14-16,28H,5-7,12-13H2,1-4H3,(H,29,30). The van der Waals surface area contributed by atoms with Crippen molar-refractivity contribution >= 4 is 35.1 Å². The number of aliphatic carboxylic acids is 1. The number of rotatable bonds is 12. The topological polar surface area (TPSA) is 83.8 Å². The first-order valence-electron chi connectivity index (χ1n) is 10.8. The van der Waals surface area contributed by atoms with Gasteiger partial charge in [-0.3, -0.25) is 9.59 Å². The Kier molecular flexibility index (Phi) is 9.91. The van der Waals surface area contributed by atoms with Gasteiger partial charge in [0.05, 0.1) is 23.1 Å². The third kappa shape index (κ3) is 6.66. The summed E-state index contributed by atoms with van der Waals surface area (Å²) in [6.07, 6.45) is 2.22. The molecule has 2 aromatic carbocycles. The third-order valence-corrected chi connectivity index (χ3v) is 6.74. The van der Waals surface area contributed by atoms with Crippen LogP contribution in [0.3, 0.4) is 0 Å². The molecule has 0 spiro atoms. The highest BCUT2D eigenvalue weighted by Gasteiger charge is 2.20. The van der Waals surface area contributed by atoms with Crippen molar-refractivity contribution in [2.24, 2.45) is 5.92 Å². The number of carboxylic acids is 1. The van der Waals surface area contributed by atoms with Gasteiger partial charge in [0.2, 0.25) is 0 Å². The van der Waals surface area contributed by atoms with Crippen LogP contribution in [0.2, 0.25) is 5.02 Å². The van der Waals surface area contributed by atoms with Crippen molar-refractivity contribution in [1.82, 2.24) is 0 Å². The molecule has 0 amide bonds. The van der Waals surface area contributed by atoms with Gasteiger partial charge in [0.1, 0.15) is 11.5 Å². The van der Waals surface area contributed by atoms with Gasteiger partial charge in [0.15, 0.2) is 5.78 Å². The number of aromatic hydroxyl groups is 1. The highest BCUT2D eigenvalue weighted by atomic mass is 35.5. The monoisotopic (exact) mass is 478 g/mol. The number of thioether (sulfide) groups is 1. The smallest absolute Gasteiger partial charge is 0.310 e. The molecule has 2 rings (SSSR count). The Labute approximate surface area is 199 Å². The lowest BCUT2D eigenvalue weighted by Crippen LogP contribution is -2.10. The van der Waals surface area contributed by atoms with Crippen LogP contribution >= 0.6 is 23.4 Å². The number of hydrogen-bond donors (Lipinski definition) is 2. The van der Waals surface area contributed by atoms with E-state index in [0.29, 0.717) is 40.5 Å². The van der Waals surface area contributed by atoms with E-state index in [4.69, 9.17) is 21.4 Å². The summed E-state index contributed by atoms with van der Waals surface area (Å²) in [5, 5.41) is 20.3. The number of Topliss-reactive ketones (excluding diaryl/α,β-unsaturated/α-hetero) is 1. The number of benzene rings is 2. The number of ketones is 1. The average Bonchev–Trinajstić information content (AvgIpc) is 2.75. The summed E-state index contributed by atoms with van der Waals surface area (Å²) in [7, 11) is 0. The second-order valence-corrected chi connectivity index (χ2v) is 9.55. The van der Waals surface area contributed by atoms with Gasteiger partial charge in [0, 0.05) is 22.1 Å². The minimum absolute atomic E-state index is 0.0277. The van der Waals surface area contributed by atoms with E-state index in [9.17, 15) is 14.7 Å². The van der Waals surface area contributed by atoms with Gasteiger partial charge < -0.3 is 14.9 Å². The molecule has 0 aromatic heterocycles. The largest absolute Gasteiger partial charge is 0.507 e. The fourth-order valence-electron chi connectivity index (χ4n) is 3.22. The molecule has 174 valence electrons. The zero-order chi connectivity index (χ0) is 23.8. The lowest BCUT2D eigenvalue weighted by Gasteiger charge is -2.16. The third-order valence-electron chi connectivity index (χ3n) is 5.16. The number of phenols is 1. The van der Waals surface area contributed by atoms with Crippen molar-refractivity contribution < 1.29 is 24.5 Å². The molecule has 1 atom stereocenters. The molecule has 0 aliphatic heterocycles. The number of halogens is 1. The van der Waals surface area contributed by atoms with Gasteiger partial charge in [-0.25, -0.2) is 0 Å². The molecule has 0 radical (unpaired) electrons. The maximum atomic E-state index is 12.3. The summed E-state index contributed by atoms with van der Waals surface area (Å²) in [6.45, 7) is 7.75. The van der Waals surface area contributed by atoms with Crippen LogP contribution in [0, 0.1) is 5.92 Å².